The summed E-state index contributed by atoms with van der Waals surface area (Å²) in [4.78, 5) is 16.5. The van der Waals surface area contributed by atoms with Crippen molar-refractivity contribution in [1.29, 1.82) is 0 Å². The monoisotopic (exact) mass is 276 g/mol. The highest BCUT2D eigenvalue weighted by molar-refractivity contribution is 7.12. The summed E-state index contributed by atoms with van der Waals surface area (Å²) in [6.45, 7) is 3.03. The Balaban J connectivity index is 1.78. The molecule has 0 bridgehead atoms. The molecule has 0 aliphatic heterocycles. The molecule has 0 unspecified atom stereocenters. The van der Waals surface area contributed by atoms with Gasteiger partial charge in [0.05, 0.1) is 10.6 Å². The fourth-order valence-electron chi connectivity index (χ4n) is 1.56. The molecule has 5 nitrogen and oxygen atoms in total. The second-order valence-electron chi connectivity index (χ2n) is 4.05. The molecule has 0 radical (unpaired) electrons. The third-order valence-electron chi connectivity index (χ3n) is 2.66. The van der Waals surface area contributed by atoms with Gasteiger partial charge in [-0.2, -0.15) is 0 Å². The Hall–Kier alpha value is -2.08. The number of rotatable bonds is 5. The van der Waals surface area contributed by atoms with Crippen LogP contribution in [0.4, 0.5) is 11.5 Å². The Kier molecular flexibility index (Phi) is 4.35. The number of hydrogen-bond donors (Lipinski definition) is 3. The number of nitrogens with one attached hydrogen (secondary N) is 2. The number of nitrogens with zero attached hydrogens (tertiary/aromatic N) is 1. The van der Waals surface area contributed by atoms with Crippen molar-refractivity contribution in [2.24, 2.45) is 0 Å². The van der Waals surface area contributed by atoms with Gasteiger partial charge in [-0.15, -0.1) is 11.3 Å². The first-order chi connectivity index (χ1) is 9.18. The zero-order valence-corrected chi connectivity index (χ0v) is 11.5. The number of hydrogen-bond acceptors (Lipinski definition) is 5. The lowest BCUT2D eigenvalue weighted by Gasteiger charge is -2.10. The second-order valence-corrected chi connectivity index (χ2v) is 5.00. The quantitative estimate of drug-likeness (QED) is 0.728. The average molecular weight is 276 g/mol. The van der Waals surface area contributed by atoms with Crippen molar-refractivity contribution >= 4 is 28.7 Å². The highest BCUT2D eigenvalue weighted by Crippen LogP contribution is 2.17. The van der Waals surface area contributed by atoms with Crippen molar-refractivity contribution in [1.82, 2.24) is 10.3 Å². The normalized spacial score (nSPS) is 10.2. The smallest absolute Gasteiger partial charge is 0.261 e. The number of nitrogen functional groups attached to an aromatic ring is 1. The van der Waals surface area contributed by atoms with Crippen molar-refractivity contribution in [3.63, 3.8) is 0 Å². The van der Waals surface area contributed by atoms with E-state index in [9.17, 15) is 4.79 Å². The summed E-state index contributed by atoms with van der Waals surface area (Å²) in [6, 6.07) is 5.52. The Morgan fingerprint density at radius 1 is 1.42 bits per heavy atom. The molecule has 2 heterocycles. The number of nitrogens with two attached hydrogens (primary N) is 1. The van der Waals surface area contributed by atoms with Crippen LogP contribution in [0.5, 0.6) is 0 Å². The van der Waals surface area contributed by atoms with Crippen LogP contribution in [0.3, 0.4) is 0 Å². The molecule has 2 aromatic rings. The molecule has 2 rings (SSSR count). The lowest BCUT2D eigenvalue weighted by atomic mass is 10.2. The highest BCUT2D eigenvalue weighted by Gasteiger charge is 2.05. The fraction of sp³-hybridized carbons (Fsp3) is 0.231. The van der Waals surface area contributed by atoms with Crippen LogP contribution in [0.25, 0.3) is 0 Å². The first kappa shape index (κ1) is 13.4. The van der Waals surface area contributed by atoms with Crippen molar-refractivity contribution in [3.8, 4) is 0 Å². The molecule has 0 atom stereocenters. The van der Waals surface area contributed by atoms with Gasteiger partial charge in [0, 0.05) is 19.3 Å². The third kappa shape index (κ3) is 3.45. The van der Waals surface area contributed by atoms with Crippen LogP contribution >= 0.6 is 11.3 Å². The van der Waals surface area contributed by atoms with E-state index >= 15 is 0 Å². The van der Waals surface area contributed by atoms with Crippen LogP contribution in [0.1, 0.15) is 15.2 Å². The van der Waals surface area contributed by atoms with Gasteiger partial charge in [-0.05, 0) is 30.0 Å². The molecule has 100 valence electrons. The van der Waals surface area contributed by atoms with Gasteiger partial charge >= 0.3 is 0 Å². The third-order valence-corrected chi connectivity index (χ3v) is 3.52. The SMILES string of the molecule is Cc1ccnc(NCCNC(=O)c2cccs2)c1N. The van der Waals surface area contributed by atoms with Gasteiger partial charge in [0.15, 0.2) is 0 Å². The van der Waals surface area contributed by atoms with Crippen molar-refractivity contribution in [2.75, 3.05) is 24.1 Å². The number of amides is 1. The average Bonchev–Trinajstić information content (AvgIpc) is 2.93. The minimum Gasteiger partial charge on any atom is -0.396 e. The minimum atomic E-state index is -0.0537. The van der Waals surface area contributed by atoms with Crippen LogP contribution in [0.2, 0.25) is 0 Å². The van der Waals surface area contributed by atoms with Gasteiger partial charge in [-0.3, -0.25) is 4.79 Å². The predicted octanol–water partition coefficient (Wildman–Crippen LogP) is 1.88. The van der Waals surface area contributed by atoms with Gasteiger partial charge in [0.2, 0.25) is 0 Å². The predicted molar refractivity (Wildman–Crippen MR) is 78.5 cm³/mol. The first-order valence-corrected chi connectivity index (χ1v) is 6.83. The molecule has 0 saturated heterocycles. The van der Waals surface area contributed by atoms with Gasteiger partial charge < -0.3 is 16.4 Å². The zero-order valence-electron chi connectivity index (χ0n) is 10.6. The molecule has 0 aliphatic carbocycles. The molecule has 4 N–H and O–H groups in total. The molecule has 19 heavy (non-hydrogen) atoms. The number of aromatic nitrogens is 1. The van der Waals surface area contributed by atoms with Crippen LogP contribution in [0, 0.1) is 6.92 Å². The van der Waals surface area contributed by atoms with Gasteiger partial charge in [0.1, 0.15) is 5.82 Å². The Morgan fingerprint density at radius 3 is 3.00 bits per heavy atom. The summed E-state index contributed by atoms with van der Waals surface area (Å²) in [5.41, 5.74) is 7.52. The lowest BCUT2D eigenvalue weighted by molar-refractivity contribution is 0.0959. The van der Waals surface area contributed by atoms with E-state index < -0.39 is 0 Å². The lowest BCUT2D eigenvalue weighted by Crippen LogP contribution is -2.28. The molecular weight excluding hydrogens is 260 g/mol. The number of carbonyl (C=O) groups excluding carboxylic acids is 1. The Morgan fingerprint density at radius 2 is 2.26 bits per heavy atom. The summed E-state index contributed by atoms with van der Waals surface area (Å²) >= 11 is 1.43. The van der Waals surface area contributed by atoms with E-state index in [2.05, 4.69) is 15.6 Å². The molecule has 0 saturated carbocycles. The van der Waals surface area contributed by atoms with Gasteiger partial charge in [-0.1, -0.05) is 6.07 Å². The topological polar surface area (TPSA) is 80.0 Å². The van der Waals surface area contributed by atoms with E-state index in [1.54, 1.807) is 12.3 Å². The standard InChI is InChI=1S/C13H16N4OS/c1-9-4-5-15-12(11(9)14)16-6-7-17-13(18)10-3-2-8-19-10/h2-5,8H,6-7,14H2,1H3,(H,15,16)(H,17,18). The largest absolute Gasteiger partial charge is 0.396 e. The molecular formula is C13H16N4OS. The molecule has 0 aliphatic rings. The molecule has 0 spiro atoms. The first-order valence-electron chi connectivity index (χ1n) is 5.95. The fourth-order valence-corrected chi connectivity index (χ4v) is 2.20. The summed E-state index contributed by atoms with van der Waals surface area (Å²) in [7, 11) is 0. The van der Waals surface area contributed by atoms with Gasteiger partial charge in [-0.25, -0.2) is 4.98 Å². The van der Waals surface area contributed by atoms with Crippen LogP contribution in [-0.2, 0) is 0 Å². The minimum absolute atomic E-state index is 0.0537. The van der Waals surface area contributed by atoms with E-state index in [0.29, 0.717) is 29.5 Å². The van der Waals surface area contributed by atoms with E-state index in [1.807, 2.05) is 24.4 Å². The van der Waals surface area contributed by atoms with E-state index in [-0.39, 0.29) is 5.91 Å². The van der Waals surface area contributed by atoms with Gasteiger partial charge in [0.25, 0.3) is 5.91 Å². The number of aryl methyl sites for hydroxylation is 1. The zero-order chi connectivity index (χ0) is 13.7. The van der Waals surface area contributed by atoms with Crippen molar-refractivity contribution in [2.45, 2.75) is 6.92 Å². The molecule has 0 fully saturated rings. The molecule has 1 amide bonds. The number of thiophene rings is 1. The maximum absolute atomic E-state index is 11.7. The second kappa shape index (κ2) is 6.19. The van der Waals surface area contributed by atoms with E-state index in [1.165, 1.54) is 11.3 Å². The van der Waals surface area contributed by atoms with Crippen molar-refractivity contribution in [3.05, 3.63) is 40.2 Å². The van der Waals surface area contributed by atoms with E-state index in [0.717, 1.165) is 5.56 Å². The maximum Gasteiger partial charge on any atom is 0.261 e. The highest BCUT2D eigenvalue weighted by atomic mass is 32.1. The molecule has 0 aromatic carbocycles. The number of pyridine rings is 1. The number of anilines is 2. The number of carbonyl (C=O) groups is 1. The van der Waals surface area contributed by atoms with E-state index in [4.69, 9.17) is 5.73 Å². The van der Waals surface area contributed by atoms with Crippen molar-refractivity contribution < 1.29 is 4.79 Å². The maximum atomic E-state index is 11.7. The van der Waals surface area contributed by atoms with Crippen LogP contribution in [0.15, 0.2) is 29.8 Å². The summed E-state index contributed by atoms with van der Waals surface area (Å²) in [5.74, 6) is 0.604. The Bertz CT molecular complexity index is 554. The van der Waals surface area contributed by atoms with Crippen LogP contribution < -0.4 is 16.4 Å². The summed E-state index contributed by atoms with van der Waals surface area (Å²) in [6.07, 6.45) is 1.71. The Labute approximate surface area is 115 Å². The summed E-state index contributed by atoms with van der Waals surface area (Å²) < 4.78 is 0. The molecule has 2 aromatic heterocycles. The summed E-state index contributed by atoms with van der Waals surface area (Å²) in [5, 5.41) is 7.82. The van der Waals surface area contributed by atoms with Crippen LogP contribution in [-0.4, -0.2) is 24.0 Å². The molecule has 6 heteroatoms.